The Hall–Kier alpha value is -1.51. The van der Waals surface area contributed by atoms with Gasteiger partial charge in [0.1, 0.15) is 0 Å². The van der Waals surface area contributed by atoms with Gasteiger partial charge in [0.15, 0.2) is 0 Å². The molecule has 3 nitrogen and oxygen atoms in total. The van der Waals surface area contributed by atoms with Crippen molar-refractivity contribution in [3.05, 3.63) is 29.8 Å². The fraction of sp³-hybridized carbons (Fsp3) is 0.562. The highest BCUT2D eigenvalue weighted by atomic mass is 16.2. The van der Waals surface area contributed by atoms with Crippen molar-refractivity contribution in [2.75, 3.05) is 5.73 Å². The van der Waals surface area contributed by atoms with E-state index < -0.39 is 0 Å². The molecule has 0 saturated heterocycles. The Balaban J connectivity index is 2.08. The molecule has 0 heterocycles. The quantitative estimate of drug-likeness (QED) is 0.800. The van der Waals surface area contributed by atoms with E-state index in [-0.39, 0.29) is 17.4 Å². The predicted molar refractivity (Wildman–Crippen MR) is 78.8 cm³/mol. The third-order valence-electron chi connectivity index (χ3n) is 4.50. The number of carbonyl (C=O) groups is 1. The largest absolute Gasteiger partial charge is 0.399 e. The third-order valence-corrected chi connectivity index (χ3v) is 4.50. The number of anilines is 1. The number of hydrogen-bond acceptors (Lipinski definition) is 2. The van der Waals surface area contributed by atoms with Crippen molar-refractivity contribution in [2.24, 2.45) is 5.92 Å². The van der Waals surface area contributed by atoms with Crippen LogP contribution in [-0.2, 0) is 10.2 Å². The summed E-state index contributed by atoms with van der Waals surface area (Å²) < 4.78 is 0. The third kappa shape index (κ3) is 2.75. The van der Waals surface area contributed by atoms with E-state index in [0.717, 1.165) is 30.5 Å². The number of nitrogens with one attached hydrogen (secondary N) is 1. The van der Waals surface area contributed by atoms with Crippen molar-refractivity contribution in [3.63, 3.8) is 0 Å². The lowest BCUT2D eigenvalue weighted by atomic mass is 9.93. The number of nitrogen functional groups attached to an aromatic ring is 1. The van der Waals surface area contributed by atoms with Crippen LogP contribution in [0, 0.1) is 5.92 Å². The van der Waals surface area contributed by atoms with Gasteiger partial charge in [-0.25, -0.2) is 0 Å². The SMILES string of the molecule is CCC(C)C(C)NC(=O)C1(c2ccc(N)cc2)CC1. The predicted octanol–water partition coefficient (Wildman–Crippen LogP) is 2.85. The summed E-state index contributed by atoms with van der Waals surface area (Å²) in [5.74, 6) is 0.677. The summed E-state index contributed by atoms with van der Waals surface area (Å²) in [5.41, 5.74) is 7.24. The smallest absolute Gasteiger partial charge is 0.230 e. The van der Waals surface area contributed by atoms with Gasteiger partial charge in [-0.1, -0.05) is 32.4 Å². The van der Waals surface area contributed by atoms with E-state index in [4.69, 9.17) is 5.73 Å². The van der Waals surface area contributed by atoms with E-state index in [1.807, 2.05) is 24.3 Å². The van der Waals surface area contributed by atoms with Crippen LogP contribution in [0.15, 0.2) is 24.3 Å². The lowest BCUT2D eigenvalue weighted by Gasteiger charge is -2.23. The summed E-state index contributed by atoms with van der Waals surface area (Å²) in [4.78, 5) is 12.5. The summed E-state index contributed by atoms with van der Waals surface area (Å²) in [6, 6.07) is 7.94. The first-order valence-corrected chi connectivity index (χ1v) is 7.16. The van der Waals surface area contributed by atoms with Gasteiger partial charge in [-0.05, 0) is 43.4 Å². The van der Waals surface area contributed by atoms with Crippen LogP contribution in [0.4, 0.5) is 5.69 Å². The maximum atomic E-state index is 12.5. The average Bonchev–Trinajstić information content (AvgIpc) is 3.20. The molecule has 0 bridgehead atoms. The number of amides is 1. The van der Waals surface area contributed by atoms with E-state index in [2.05, 4.69) is 26.1 Å². The highest BCUT2D eigenvalue weighted by Gasteiger charge is 2.51. The number of rotatable bonds is 5. The molecular formula is C16H24N2O. The van der Waals surface area contributed by atoms with Crippen LogP contribution in [-0.4, -0.2) is 11.9 Å². The Morgan fingerprint density at radius 2 is 1.89 bits per heavy atom. The highest BCUT2D eigenvalue weighted by molar-refractivity contribution is 5.91. The van der Waals surface area contributed by atoms with Gasteiger partial charge in [0.2, 0.25) is 5.91 Å². The molecule has 0 radical (unpaired) electrons. The minimum absolute atomic E-state index is 0.171. The Labute approximate surface area is 115 Å². The Kier molecular flexibility index (Phi) is 3.83. The molecule has 0 aliphatic heterocycles. The molecule has 1 amide bonds. The summed E-state index contributed by atoms with van der Waals surface area (Å²) in [6.45, 7) is 6.42. The fourth-order valence-corrected chi connectivity index (χ4v) is 2.41. The minimum Gasteiger partial charge on any atom is -0.399 e. The summed E-state index contributed by atoms with van der Waals surface area (Å²) in [5, 5.41) is 3.18. The molecule has 0 aromatic heterocycles. The molecule has 3 heteroatoms. The molecule has 0 spiro atoms. The number of benzene rings is 1. The first kappa shape index (κ1) is 13.9. The Bertz CT molecular complexity index is 448. The molecule has 1 fully saturated rings. The molecule has 3 N–H and O–H groups in total. The second-order valence-electron chi connectivity index (χ2n) is 5.85. The van der Waals surface area contributed by atoms with Gasteiger partial charge < -0.3 is 11.1 Å². The van der Waals surface area contributed by atoms with Crippen LogP contribution in [0.1, 0.15) is 45.6 Å². The van der Waals surface area contributed by atoms with Crippen molar-refractivity contribution in [1.82, 2.24) is 5.32 Å². The fourth-order valence-electron chi connectivity index (χ4n) is 2.41. The van der Waals surface area contributed by atoms with Gasteiger partial charge in [-0.2, -0.15) is 0 Å². The molecule has 2 atom stereocenters. The van der Waals surface area contributed by atoms with Crippen LogP contribution >= 0.6 is 0 Å². The number of nitrogens with two attached hydrogens (primary N) is 1. The highest BCUT2D eigenvalue weighted by Crippen LogP contribution is 2.48. The molecule has 1 aliphatic rings. The van der Waals surface area contributed by atoms with Gasteiger partial charge in [0.05, 0.1) is 5.41 Å². The van der Waals surface area contributed by atoms with Gasteiger partial charge in [0.25, 0.3) is 0 Å². The molecule has 19 heavy (non-hydrogen) atoms. The molecule has 1 aromatic rings. The second kappa shape index (κ2) is 5.24. The van der Waals surface area contributed by atoms with E-state index >= 15 is 0 Å². The van der Waals surface area contributed by atoms with E-state index in [9.17, 15) is 4.79 Å². The van der Waals surface area contributed by atoms with E-state index in [0.29, 0.717) is 5.92 Å². The maximum Gasteiger partial charge on any atom is 0.230 e. The average molecular weight is 260 g/mol. The molecule has 1 aromatic carbocycles. The Morgan fingerprint density at radius 3 is 2.37 bits per heavy atom. The standard InChI is InChI=1S/C16H24N2O/c1-4-11(2)12(3)18-15(19)16(9-10-16)13-5-7-14(17)8-6-13/h5-8,11-12H,4,9-10,17H2,1-3H3,(H,18,19). The molecular weight excluding hydrogens is 236 g/mol. The molecule has 1 aliphatic carbocycles. The lowest BCUT2D eigenvalue weighted by molar-refractivity contribution is -0.124. The van der Waals surface area contributed by atoms with Gasteiger partial charge in [-0.3, -0.25) is 4.79 Å². The molecule has 104 valence electrons. The van der Waals surface area contributed by atoms with E-state index in [1.165, 1.54) is 0 Å². The van der Waals surface area contributed by atoms with Crippen LogP contribution < -0.4 is 11.1 Å². The number of carbonyl (C=O) groups excluding carboxylic acids is 1. The van der Waals surface area contributed by atoms with E-state index in [1.54, 1.807) is 0 Å². The lowest BCUT2D eigenvalue weighted by Crippen LogP contribution is -2.42. The molecule has 2 unspecified atom stereocenters. The zero-order valence-electron chi connectivity index (χ0n) is 12.1. The zero-order chi connectivity index (χ0) is 14.0. The second-order valence-corrected chi connectivity index (χ2v) is 5.85. The van der Waals surface area contributed by atoms with Crippen LogP contribution in [0.3, 0.4) is 0 Å². The summed E-state index contributed by atoms with van der Waals surface area (Å²) in [7, 11) is 0. The van der Waals surface area contributed by atoms with Gasteiger partial charge in [-0.15, -0.1) is 0 Å². The first-order valence-electron chi connectivity index (χ1n) is 7.16. The maximum absolute atomic E-state index is 12.5. The van der Waals surface area contributed by atoms with Crippen LogP contribution in [0.2, 0.25) is 0 Å². The first-order chi connectivity index (χ1) is 8.99. The summed E-state index contributed by atoms with van der Waals surface area (Å²) >= 11 is 0. The topological polar surface area (TPSA) is 55.1 Å². The van der Waals surface area contributed by atoms with Crippen molar-refractivity contribution in [1.29, 1.82) is 0 Å². The number of hydrogen-bond donors (Lipinski definition) is 2. The Morgan fingerprint density at radius 1 is 1.32 bits per heavy atom. The van der Waals surface area contributed by atoms with Crippen molar-refractivity contribution >= 4 is 11.6 Å². The van der Waals surface area contributed by atoms with Crippen molar-refractivity contribution in [2.45, 2.75) is 51.5 Å². The monoisotopic (exact) mass is 260 g/mol. The summed E-state index contributed by atoms with van der Waals surface area (Å²) in [6.07, 6.45) is 2.96. The van der Waals surface area contributed by atoms with Crippen LogP contribution in [0.25, 0.3) is 0 Å². The zero-order valence-corrected chi connectivity index (χ0v) is 12.1. The normalized spacial score (nSPS) is 19.5. The van der Waals surface area contributed by atoms with Crippen molar-refractivity contribution < 1.29 is 4.79 Å². The molecule has 2 rings (SSSR count). The van der Waals surface area contributed by atoms with Gasteiger partial charge in [0, 0.05) is 11.7 Å². The minimum atomic E-state index is -0.296. The van der Waals surface area contributed by atoms with Crippen molar-refractivity contribution in [3.8, 4) is 0 Å². The molecule has 1 saturated carbocycles. The van der Waals surface area contributed by atoms with Crippen LogP contribution in [0.5, 0.6) is 0 Å². The van der Waals surface area contributed by atoms with Gasteiger partial charge >= 0.3 is 0 Å².